The van der Waals surface area contributed by atoms with Crippen LogP contribution in [0.2, 0.25) is 0 Å². The molecule has 3 heterocycles. The van der Waals surface area contributed by atoms with Crippen LogP contribution in [0.15, 0.2) is 47.8 Å². The molecule has 0 spiro atoms. The van der Waals surface area contributed by atoms with E-state index in [1.165, 1.54) is 13.2 Å². The number of rotatable bonds is 6. The van der Waals surface area contributed by atoms with Gasteiger partial charge in [0.1, 0.15) is 0 Å². The Morgan fingerprint density at radius 3 is 2.96 bits per heavy atom. The topological polar surface area (TPSA) is 106 Å². The number of aromatic amines is 1. The number of pyridine rings is 1. The molecule has 122 valence electrons. The number of hydrogen-bond acceptors (Lipinski definition) is 7. The van der Waals surface area contributed by atoms with Gasteiger partial charge in [-0.15, -0.1) is 0 Å². The molecule has 0 unspecified atom stereocenters. The summed E-state index contributed by atoms with van der Waals surface area (Å²) in [5, 5.41) is 3.09. The molecule has 3 aromatic heterocycles. The summed E-state index contributed by atoms with van der Waals surface area (Å²) >= 11 is 0. The van der Waals surface area contributed by atoms with Crippen LogP contribution in [0, 0.1) is 0 Å². The van der Waals surface area contributed by atoms with Crippen LogP contribution in [0.25, 0.3) is 11.3 Å². The van der Waals surface area contributed by atoms with E-state index in [0.717, 1.165) is 5.69 Å². The van der Waals surface area contributed by atoms with Crippen molar-refractivity contribution in [3.05, 3.63) is 59.0 Å². The van der Waals surface area contributed by atoms with Gasteiger partial charge in [-0.05, 0) is 12.1 Å². The van der Waals surface area contributed by atoms with Gasteiger partial charge in [0.25, 0.3) is 5.56 Å². The molecule has 0 aromatic carbocycles. The molecule has 0 saturated carbocycles. The number of H-pyrrole nitrogens is 1. The average Bonchev–Trinajstić information content (AvgIpc) is 2.62. The van der Waals surface area contributed by atoms with E-state index in [9.17, 15) is 4.79 Å². The van der Waals surface area contributed by atoms with E-state index in [-0.39, 0.29) is 5.56 Å². The van der Waals surface area contributed by atoms with Crippen molar-refractivity contribution in [1.82, 2.24) is 24.9 Å². The van der Waals surface area contributed by atoms with Crippen LogP contribution >= 0.6 is 0 Å². The van der Waals surface area contributed by atoms with Crippen molar-refractivity contribution in [2.75, 3.05) is 19.0 Å². The molecule has 3 aromatic rings. The first kappa shape index (κ1) is 15.6. The van der Waals surface area contributed by atoms with Crippen molar-refractivity contribution < 1.29 is 4.74 Å². The van der Waals surface area contributed by atoms with Crippen LogP contribution in [-0.4, -0.2) is 38.6 Å². The van der Waals surface area contributed by atoms with Crippen LogP contribution in [0.3, 0.4) is 0 Å². The lowest BCUT2D eigenvalue weighted by molar-refractivity contribution is 0.399. The molecule has 3 rings (SSSR count). The Hall–Kier alpha value is -3.29. The summed E-state index contributed by atoms with van der Waals surface area (Å²) in [5.41, 5.74) is 1.75. The highest BCUT2D eigenvalue weighted by molar-refractivity contribution is 5.65. The zero-order valence-corrected chi connectivity index (χ0v) is 13.1. The zero-order valence-electron chi connectivity index (χ0n) is 13.1. The number of ether oxygens (including phenoxy) is 1. The van der Waals surface area contributed by atoms with E-state index in [1.54, 1.807) is 36.9 Å². The number of nitrogens with zero attached hydrogens (tertiary/aromatic N) is 4. The van der Waals surface area contributed by atoms with Crippen LogP contribution in [0.5, 0.6) is 5.88 Å². The van der Waals surface area contributed by atoms with Gasteiger partial charge >= 0.3 is 0 Å². The van der Waals surface area contributed by atoms with Gasteiger partial charge in [-0.2, -0.15) is 0 Å². The number of anilines is 1. The largest absolute Gasteiger partial charge is 0.481 e. The third-order valence-corrected chi connectivity index (χ3v) is 3.27. The first-order chi connectivity index (χ1) is 11.8. The first-order valence-corrected chi connectivity index (χ1v) is 7.36. The lowest BCUT2D eigenvalue weighted by Gasteiger charge is -2.09. The van der Waals surface area contributed by atoms with Gasteiger partial charge in [0.2, 0.25) is 11.8 Å². The Morgan fingerprint density at radius 2 is 2.17 bits per heavy atom. The minimum Gasteiger partial charge on any atom is -0.481 e. The molecule has 0 atom stereocenters. The van der Waals surface area contributed by atoms with Gasteiger partial charge in [0.05, 0.1) is 24.1 Å². The smallest absolute Gasteiger partial charge is 0.252 e. The fraction of sp³-hybridized carbons (Fsp3) is 0.188. The molecule has 0 aliphatic rings. The number of methoxy groups -OCH3 is 1. The van der Waals surface area contributed by atoms with Gasteiger partial charge in [-0.3, -0.25) is 19.7 Å². The van der Waals surface area contributed by atoms with E-state index < -0.39 is 0 Å². The molecule has 8 heteroatoms. The second-order valence-electron chi connectivity index (χ2n) is 4.91. The highest BCUT2D eigenvalue weighted by Gasteiger charge is 2.10. The van der Waals surface area contributed by atoms with Crippen LogP contribution in [-0.2, 0) is 6.42 Å². The molecule has 24 heavy (non-hydrogen) atoms. The van der Waals surface area contributed by atoms with Crippen molar-refractivity contribution in [2.24, 2.45) is 0 Å². The third-order valence-electron chi connectivity index (χ3n) is 3.27. The number of nitrogens with one attached hydrogen (secondary N) is 2. The summed E-state index contributed by atoms with van der Waals surface area (Å²) in [4.78, 5) is 31.3. The van der Waals surface area contributed by atoms with E-state index in [1.807, 2.05) is 0 Å². The lowest BCUT2D eigenvalue weighted by atomic mass is 10.2. The molecule has 2 N–H and O–H groups in total. The molecule has 0 aliphatic carbocycles. The Balaban J connectivity index is 1.78. The van der Waals surface area contributed by atoms with Gasteiger partial charge in [0, 0.05) is 43.8 Å². The second kappa shape index (κ2) is 7.32. The van der Waals surface area contributed by atoms with Crippen LogP contribution < -0.4 is 15.6 Å². The quantitative estimate of drug-likeness (QED) is 0.703. The molecule has 8 nitrogen and oxygen atoms in total. The predicted molar refractivity (Wildman–Crippen MR) is 88.9 cm³/mol. The fourth-order valence-electron chi connectivity index (χ4n) is 2.20. The Morgan fingerprint density at radius 1 is 1.25 bits per heavy atom. The summed E-state index contributed by atoms with van der Waals surface area (Å²) < 4.78 is 5.22. The maximum absolute atomic E-state index is 11.9. The normalized spacial score (nSPS) is 10.4. The average molecular weight is 324 g/mol. The standard InChI is InChI=1S/C16H16N6O2/c1-24-15-12(3-2-5-19-15)13-9-14(23)22-16(21-13)20-6-4-11-10-17-7-8-18-11/h2-3,5,7-10H,4,6H2,1H3,(H2,20,21,22,23). The Bertz CT molecular complexity index is 866. The second-order valence-corrected chi connectivity index (χ2v) is 4.91. The van der Waals surface area contributed by atoms with Gasteiger partial charge < -0.3 is 10.1 Å². The van der Waals surface area contributed by atoms with E-state index in [0.29, 0.717) is 36.1 Å². The lowest BCUT2D eigenvalue weighted by Crippen LogP contribution is -2.15. The maximum atomic E-state index is 11.9. The summed E-state index contributed by atoms with van der Waals surface area (Å²) in [6.07, 6.45) is 7.26. The highest BCUT2D eigenvalue weighted by Crippen LogP contribution is 2.25. The monoisotopic (exact) mass is 324 g/mol. The van der Waals surface area contributed by atoms with Gasteiger partial charge in [0.15, 0.2) is 0 Å². The minimum absolute atomic E-state index is 0.257. The van der Waals surface area contributed by atoms with Crippen molar-refractivity contribution in [2.45, 2.75) is 6.42 Å². The molecule has 0 fully saturated rings. The van der Waals surface area contributed by atoms with Crippen molar-refractivity contribution in [3.63, 3.8) is 0 Å². The first-order valence-electron chi connectivity index (χ1n) is 7.36. The van der Waals surface area contributed by atoms with E-state index >= 15 is 0 Å². The van der Waals surface area contributed by atoms with E-state index in [4.69, 9.17) is 4.74 Å². The maximum Gasteiger partial charge on any atom is 0.252 e. The van der Waals surface area contributed by atoms with E-state index in [2.05, 4.69) is 30.2 Å². The Kier molecular flexibility index (Phi) is 4.76. The molecule has 0 saturated heterocycles. The van der Waals surface area contributed by atoms with Gasteiger partial charge in [-0.1, -0.05) is 0 Å². The fourth-order valence-corrected chi connectivity index (χ4v) is 2.20. The summed E-state index contributed by atoms with van der Waals surface area (Å²) in [5.74, 6) is 0.799. The predicted octanol–water partition coefficient (Wildman–Crippen LogP) is 1.29. The minimum atomic E-state index is -0.257. The summed E-state index contributed by atoms with van der Waals surface area (Å²) in [7, 11) is 1.53. The molecule has 0 amide bonds. The van der Waals surface area contributed by atoms with Crippen LogP contribution in [0.4, 0.5) is 5.95 Å². The number of aromatic nitrogens is 5. The van der Waals surface area contributed by atoms with Gasteiger partial charge in [-0.25, -0.2) is 9.97 Å². The molecular formula is C16H16N6O2. The highest BCUT2D eigenvalue weighted by atomic mass is 16.5. The van der Waals surface area contributed by atoms with Crippen molar-refractivity contribution in [3.8, 4) is 17.1 Å². The number of hydrogen-bond donors (Lipinski definition) is 2. The summed E-state index contributed by atoms with van der Waals surface area (Å²) in [6.45, 7) is 0.565. The molecule has 0 aliphatic heterocycles. The third kappa shape index (κ3) is 3.72. The Labute approximate surface area is 138 Å². The zero-order chi connectivity index (χ0) is 16.8. The molecule has 0 bridgehead atoms. The van der Waals surface area contributed by atoms with Crippen molar-refractivity contribution in [1.29, 1.82) is 0 Å². The summed E-state index contributed by atoms with van der Waals surface area (Å²) in [6, 6.07) is 4.98. The SMILES string of the molecule is COc1ncccc1-c1cc(=O)[nH]c(NCCc2cnccn2)n1. The van der Waals surface area contributed by atoms with Crippen molar-refractivity contribution >= 4 is 5.95 Å². The molecule has 0 radical (unpaired) electrons. The molecular weight excluding hydrogens is 308 g/mol. The van der Waals surface area contributed by atoms with Crippen LogP contribution in [0.1, 0.15) is 5.69 Å².